The van der Waals surface area contributed by atoms with Gasteiger partial charge in [-0.2, -0.15) is 10.1 Å². The van der Waals surface area contributed by atoms with Gasteiger partial charge in [-0.1, -0.05) is 0 Å². The first-order valence-corrected chi connectivity index (χ1v) is 10.6. The Kier molecular flexibility index (Phi) is 6.23. The van der Waals surface area contributed by atoms with E-state index >= 15 is 0 Å². The molecule has 3 aromatic heterocycles. The Morgan fingerprint density at radius 3 is 2.76 bits per heavy atom. The third kappa shape index (κ3) is 4.63. The van der Waals surface area contributed by atoms with Gasteiger partial charge in [-0.05, 0) is 32.4 Å². The predicted molar refractivity (Wildman–Crippen MR) is 122 cm³/mol. The molecular weight excluding hydrogens is 427 g/mol. The molecule has 0 aliphatic carbocycles. The SMILES string of the molecule is CO[C@H](C)[C@H]1C(=O)Nc2c(C)nc(NCc3cnn(Cc4cnc(C)c(F)c4)c3)nc2N1C. The van der Waals surface area contributed by atoms with E-state index in [1.54, 1.807) is 31.1 Å². The number of rotatable bonds is 7. The van der Waals surface area contributed by atoms with E-state index < -0.39 is 6.04 Å². The van der Waals surface area contributed by atoms with Crippen LogP contribution in [0.5, 0.6) is 0 Å². The summed E-state index contributed by atoms with van der Waals surface area (Å²) in [4.78, 5) is 27.5. The summed E-state index contributed by atoms with van der Waals surface area (Å²) in [5.41, 5.74) is 3.29. The second-order valence-corrected chi connectivity index (χ2v) is 8.13. The van der Waals surface area contributed by atoms with Gasteiger partial charge < -0.3 is 20.3 Å². The van der Waals surface area contributed by atoms with E-state index in [-0.39, 0.29) is 17.8 Å². The number of halogens is 1. The normalized spacial score (nSPS) is 16.4. The number of carbonyl (C=O) groups excluding carboxylic acids is 1. The Bertz CT molecular complexity index is 1180. The van der Waals surface area contributed by atoms with Gasteiger partial charge in [0.05, 0.1) is 30.2 Å². The number of hydrogen-bond acceptors (Lipinski definition) is 8. The number of methoxy groups -OCH3 is 1. The van der Waals surface area contributed by atoms with Crippen LogP contribution in [0.4, 0.5) is 21.8 Å². The van der Waals surface area contributed by atoms with Crippen LogP contribution in [0.3, 0.4) is 0 Å². The van der Waals surface area contributed by atoms with Gasteiger partial charge >= 0.3 is 0 Å². The van der Waals surface area contributed by atoms with Crippen molar-refractivity contribution in [1.29, 1.82) is 0 Å². The quantitative estimate of drug-likeness (QED) is 0.560. The Morgan fingerprint density at radius 1 is 1.24 bits per heavy atom. The van der Waals surface area contributed by atoms with Gasteiger partial charge in [0, 0.05) is 38.7 Å². The molecule has 4 heterocycles. The summed E-state index contributed by atoms with van der Waals surface area (Å²) in [7, 11) is 3.40. The maximum absolute atomic E-state index is 13.7. The first kappa shape index (κ1) is 22.6. The highest BCUT2D eigenvalue weighted by Gasteiger charge is 2.37. The lowest BCUT2D eigenvalue weighted by molar-refractivity contribution is -0.120. The van der Waals surface area contributed by atoms with E-state index in [0.29, 0.717) is 41.9 Å². The number of likely N-dealkylation sites (N-methyl/N-ethyl adjacent to an activating group) is 1. The van der Waals surface area contributed by atoms with E-state index in [2.05, 4.69) is 30.7 Å². The van der Waals surface area contributed by atoms with Crippen LogP contribution in [-0.4, -0.2) is 56.9 Å². The van der Waals surface area contributed by atoms with Crippen molar-refractivity contribution in [3.8, 4) is 0 Å². The minimum absolute atomic E-state index is 0.150. The van der Waals surface area contributed by atoms with E-state index in [4.69, 9.17) is 4.74 Å². The molecule has 174 valence electrons. The fraction of sp³-hybridized carbons (Fsp3) is 0.409. The molecule has 0 bridgehead atoms. The highest BCUT2D eigenvalue weighted by Crippen LogP contribution is 2.33. The van der Waals surface area contributed by atoms with Crippen molar-refractivity contribution in [2.75, 3.05) is 29.7 Å². The topological polar surface area (TPSA) is 110 Å². The van der Waals surface area contributed by atoms with Crippen molar-refractivity contribution < 1.29 is 13.9 Å². The molecule has 11 heteroatoms. The minimum Gasteiger partial charge on any atom is -0.379 e. The lowest BCUT2D eigenvalue weighted by atomic mass is 10.1. The predicted octanol–water partition coefficient (Wildman–Crippen LogP) is 2.28. The molecule has 3 aromatic rings. The Labute approximate surface area is 191 Å². The fourth-order valence-electron chi connectivity index (χ4n) is 3.78. The average molecular weight is 455 g/mol. The largest absolute Gasteiger partial charge is 0.379 e. The number of pyridine rings is 1. The molecule has 10 nitrogen and oxygen atoms in total. The van der Waals surface area contributed by atoms with E-state index in [0.717, 1.165) is 11.1 Å². The van der Waals surface area contributed by atoms with Gasteiger partial charge in [-0.15, -0.1) is 0 Å². The number of amides is 1. The Morgan fingerprint density at radius 2 is 2.03 bits per heavy atom. The molecule has 33 heavy (non-hydrogen) atoms. The zero-order valence-electron chi connectivity index (χ0n) is 19.3. The molecule has 4 rings (SSSR count). The molecule has 1 aliphatic heterocycles. The summed E-state index contributed by atoms with van der Waals surface area (Å²) in [6.07, 6.45) is 4.95. The first-order valence-electron chi connectivity index (χ1n) is 10.6. The van der Waals surface area contributed by atoms with Gasteiger partial charge in [0.2, 0.25) is 11.9 Å². The molecule has 0 spiro atoms. The maximum atomic E-state index is 13.7. The molecule has 1 amide bonds. The number of ether oxygens (including phenoxy) is 1. The number of anilines is 3. The summed E-state index contributed by atoms with van der Waals surface area (Å²) in [5, 5.41) is 10.5. The van der Waals surface area contributed by atoms with Crippen molar-refractivity contribution in [2.45, 2.75) is 46.0 Å². The monoisotopic (exact) mass is 454 g/mol. The first-order chi connectivity index (χ1) is 15.8. The van der Waals surface area contributed by atoms with Crippen LogP contribution in [0.2, 0.25) is 0 Å². The Balaban J connectivity index is 1.46. The van der Waals surface area contributed by atoms with Gasteiger partial charge in [0.15, 0.2) is 5.82 Å². The number of aromatic nitrogens is 5. The third-order valence-corrected chi connectivity index (χ3v) is 5.72. The maximum Gasteiger partial charge on any atom is 0.249 e. The van der Waals surface area contributed by atoms with Crippen molar-refractivity contribution in [2.24, 2.45) is 0 Å². The van der Waals surface area contributed by atoms with Crippen LogP contribution < -0.4 is 15.5 Å². The Hall–Kier alpha value is -3.60. The highest BCUT2D eigenvalue weighted by atomic mass is 19.1. The summed E-state index contributed by atoms with van der Waals surface area (Å²) in [6.45, 7) is 6.17. The average Bonchev–Trinajstić information content (AvgIpc) is 3.23. The smallest absolute Gasteiger partial charge is 0.249 e. The van der Waals surface area contributed by atoms with Crippen LogP contribution >= 0.6 is 0 Å². The van der Waals surface area contributed by atoms with E-state index in [9.17, 15) is 9.18 Å². The van der Waals surface area contributed by atoms with Crippen LogP contribution in [0.1, 0.15) is 29.4 Å². The standard InChI is InChI=1S/C22H27FN8O2/c1-12-17(23)6-15(7-24-12)10-31-11-16(9-26-31)8-25-22-27-13(2)18-20(29-22)30(4)19(14(3)33-5)21(32)28-18/h6-7,9,11,14,19H,8,10H2,1-5H3,(H,28,32)(H,25,27,29)/t14-,19+/m1/s1. The highest BCUT2D eigenvalue weighted by molar-refractivity contribution is 6.03. The van der Waals surface area contributed by atoms with Crippen molar-refractivity contribution in [3.63, 3.8) is 0 Å². The summed E-state index contributed by atoms with van der Waals surface area (Å²) < 4.78 is 20.8. The lowest BCUT2D eigenvalue weighted by Gasteiger charge is -2.37. The second-order valence-electron chi connectivity index (χ2n) is 8.13. The van der Waals surface area contributed by atoms with E-state index in [1.165, 1.54) is 6.07 Å². The van der Waals surface area contributed by atoms with Crippen molar-refractivity contribution in [3.05, 3.63) is 53.0 Å². The second kappa shape index (κ2) is 9.10. The van der Waals surface area contributed by atoms with Crippen molar-refractivity contribution >= 4 is 23.4 Å². The van der Waals surface area contributed by atoms with Gasteiger partial charge in [-0.3, -0.25) is 14.5 Å². The zero-order chi connectivity index (χ0) is 23.7. The van der Waals surface area contributed by atoms with Gasteiger partial charge in [0.25, 0.3) is 0 Å². The number of aryl methyl sites for hydroxylation is 2. The van der Waals surface area contributed by atoms with Crippen LogP contribution in [-0.2, 0) is 22.6 Å². The molecule has 2 N–H and O–H groups in total. The van der Waals surface area contributed by atoms with Gasteiger partial charge in [-0.25, -0.2) is 9.37 Å². The molecule has 0 saturated carbocycles. The fourth-order valence-corrected chi connectivity index (χ4v) is 3.78. The molecule has 1 aliphatic rings. The number of nitrogens with zero attached hydrogens (tertiary/aromatic N) is 6. The van der Waals surface area contributed by atoms with Gasteiger partial charge in [0.1, 0.15) is 17.5 Å². The molecule has 2 atom stereocenters. The number of fused-ring (bicyclic) bond motifs is 1. The minimum atomic E-state index is -0.496. The van der Waals surface area contributed by atoms with Crippen molar-refractivity contribution in [1.82, 2.24) is 24.7 Å². The molecule has 0 radical (unpaired) electrons. The number of nitrogens with one attached hydrogen (secondary N) is 2. The molecule has 0 saturated heterocycles. The summed E-state index contributed by atoms with van der Waals surface area (Å²) >= 11 is 0. The molecule has 0 aromatic carbocycles. The molecule has 0 unspecified atom stereocenters. The third-order valence-electron chi connectivity index (χ3n) is 5.72. The number of hydrogen-bond donors (Lipinski definition) is 2. The summed E-state index contributed by atoms with van der Waals surface area (Å²) in [6, 6.07) is 0.975. The molecular formula is C22H27FN8O2. The van der Waals surface area contributed by atoms with Crippen LogP contribution in [0.25, 0.3) is 0 Å². The van der Waals surface area contributed by atoms with E-state index in [1.807, 2.05) is 32.0 Å². The zero-order valence-corrected chi connectivity index (χ0v) is 19.3. The summed E-state index contributed by atoms with van der Waals surface area (Å²) in [5.74, 6) is 0.589. The number of carbonyl (C=O) groups is 1. The van der Waals surface area contributed by atoms with Crippen LogP contribution in [0, 0.1) is 19.7 Å². The lowest BCUT2D eigenvalue weighted by Crippen LogP contribution is -2.53. The van der Waals surface area contributed by atoms with Crippen LogP contribution in [0.15, 0.2) is 24.7 Å². The molecule has 0 fully saturated rings.